The van der Waals surface area contributed by atoms with Gasteiger partial charge in [-0.3, -0.25) is 4.79 Å². The number of hydrogen-bond donors (Lipinski definition) is 3. The summed E-state index contributed by atoms with van der Waals surface area (Å²) in [4.78, 5) is 12.2. The standard InChI is InChI=1S/C16H23NO5/c1-21-10-16(7-13(18)14(19)8-16)9-17-15(20)11-3-5-12(22-2)6-4-11/h3-6,13-14,18-19H,7-10H2,1-2H3,(H,17,20)/t13-,14+,16?. The van der Waals surface area contributed by atoms with Gasteiger partial charge in [0.25, 0.3) is 5.91 Å². The van der Waals surface area contributed by atoms with Crippen LogP contribution in [0.2, 0.25) is 0 Å². The average molecular weight is 309 g/mol. The minimum Gasteiger partial charge on any atom is -0.497 e. The smallest absolute Gasteiger partial charge is 0.251 e. The highest BCUT2D eigenvalue weighted by Crippen LogP contribution is 2.38. The van der Waals surface area contributed by atoms with Gasteiger partial charge in [0.2, 0.25) is 0 Å². The van der Waals surface area contributed by atoms with Crippen LogP contribution in [0.4, 0.5) is 0 Å². The summed E-state index contributed by atoms with van der Waals surface area (Å²) in [5.41, 5.74) is 0.0999. The van der Waals surface area contributed by atoms with Crippen LogP contribution in [0.5, 0.6) is 5.75 Å². The first-order chi connectivity index (χ1) is 10.5. The molecule has 0 saturated heterocycles. The zero-order chi connectivity index (χ0) is 16.2. The molecule has 0 bridgehead atoms. The van der Waals surface area contributed by atoms with E-state index >= 15 is 0 Å². The Bertz CT molecular complexity index is 492. The molecule has 1 aromatic carbocycles. The van der Waals surface area contributed by atoms with Crippen LogP contribution in [-0.4, -0.2) is 55.7 Å². The zero-order valence-corrected chi connectivity index (χ0v) is 12.9. The molecular weight excluding hydrogens is 286 g/mol. The largest absolute Gasteiger partial charge is 0.497 e. The summed E-state index contributed by atoms with van der Waals surface area (Å²) in [5.74, 6) is 0.489. The van der Waals surface area contributed by atoms with Crippen LogP contribution in [0, 0.1) is 5.41 Å². The molecule has 1 fully saturated rings. The summed E-state index contributed by atoms with van der Waals surface area (Å²) in [6.45, 7) is 0.726. The predicted molar refractivity (Wildman–Crippen MR) is 80.9 cm³/mol. The molecule has 0 heterocycles. The van der Waals surface area contributed by atoms with Crippen molar-refractivity contribution in [3.05, 3.63) is 29.8 Å². The van der Waals surface area contributed by atoms with Crippen molar-refractivity contribution in [3.8, 4) is 5.75 Å². The van der Waals surface area contributed by atoms with Gasteiger partial charge in [-0.2, -0.15) is 0 Å². The summed E-state index contributed by atoms with van der Waals surface area (Å²) in [6, 6.07) is 6.83. The first-order valence-electron chi connectivity index (χ1n) is 7.27. The molecule has 1 aromatic rings. The van der Waals surface area contributed by atoms with E-state index in [9.17, 15) is 15.0 Å². The van der Waals surface area contributed by atoms with Crippen LogP contribution in [0.25, 0.3) is 0 Å². The van der Waals surface area contributed by atoms with Crippen molar-refractivity contribution in [2.45, 2.75) is 25.0 Å². The number of carbonyl (C=O) groups excluding carboxylic acids is 1. The van der Waals surface area contributed by atoms with Crippen molar-refractivity contribution in [1.29, 1.82) is 0 Å². The third-order valence-electron chi connectivity index (χ3n) is 4.16. The zero-order valence-electron chi connectivity index (χ0n) is 12.9. The third kappa shape index (κ3) is 3.76. The maximum atomic E-state index is 12.2. The van der Waals surface area contributed by atoms with Gasteiger partial charge in [-0.05, 0) is 37.1 Å². The van der Waals surface area contributed by atoms with E-state index in [-0.39, 0.29) is 5.91 Å². The molecule has 0 aliphatic heterocycles. The van der Waals surface area contributed by atoms with Crippen LogP contribution in [0.3, 0.4) is 0 Å². The number of aliphatic hydroxyl groups excluding tert-OH is 2. The molecular formula is C16H23NO5. The van der Waals surface area contributed by atoms with Gasteiger partial charge in [0.1, 0.15) is 5.75 Å². The minimum absolute atomic E-state index is 0.200. The predicted octanol–water partition coefficient (Wildman–Crippen LogP) is 0.573. The third-order valence-corrected chi connectivity index (χ3v) is 4.16. The molecule has 1 saturated carbocycles. The average Bonchev–Trinajstić information content (AvgIpc) is 2.80. The lowest BCUT2D eigenvalue weighted by Gasteiger charge is -2.28. The molecule has 0 radical (unpaired) electrons. The highest BCUT2D eigenvalue weighted by Gasteiger charge is 2.44. The Hall–Kier alpha value is -1.63. The number of amides is 1. The van der Waals surface area contributed by atoms with E-state index in [0.717, 1.165) is 0 Å². The van der Waals surface area contributed by atoms with Gasteiger partial charge in [-0.1, -0.05) is 0 Å². The van der Waals surface area contributed by atoms with Gasteiger partial charge in [0.05, 0.1) is 25.9 Å². The topological polar surface area (TPSA) is 88.0 Å². The maximum absolute atomic E-state index is 12.2. The van der Waals surface area contributed by atoms with Gasteiger partial charge in [-0.25, -0.2) is 0 Å². The molecule has 1 aliphatic carbocycles. The van der Waals surface area contributed by atoms with E-state index < -0.39 is 17.6 Å². The van der Waals surface area contributed by atoms with Crippen molar-refractivity contribution in [1.82, 2.24) is 5.32 Å². The first kappa shape index (κ1) is 16.7. The Balaban J connectivity index is 1.98. The maximum Gasteiger partial charge on any atom is 0.251 e. The molecule has 0 aromatic heterocycles. The van der Waals surface area contributed by atoms with Crippen LogP contribution in [0.15, 0.2) is 24.3 Å². The Morgan fingerprint density at radius 2 is 1.82 bits per heavy atom. The molecule has 1 aliphatic rings. The second-order valence-electron chi connectivity index (χ2n) is 5.89. The van der Waals surface area contributed by atoms with E-state index in [0.29, 0.717) is 37.3 Å². The van der Waals surface area contributed by atoms with Crippen LogP contribution in [0.1, 0.15) is 23.2 Å². The summed E-state index contributed by atoms with van der Waals surface area (Å²) in [7, 11) is 3.14. The van der Waals surface area contributed by atoms with E-state index in [1.165, 1.54) is 0 Å². The summed E-state index contributed by atoms with van der Waals surface area (Å²) < 4.78 is 10.3. The summed E-state index contributed by atoms with van der Waals surface area (Å²) in [6.07, 6.45) is -0.725. The number of rotatable bonds is 6. The second kappa shape index (κ2) is 7.09. The normalized spacial score (nSPS) is 27.6. The lowest BCUT2D eigenvalue weighted by Crippen LogP contribution is -2.39. The molecule has 6 heteroatoms. The van der Waals surface area contributed by atoms with Crippen molar-refractivity contribution in [2.75, 3.05) is 27.4 Å². The Labute approximate surface area is 130 Å². The Morgan fingerprint density at radius 1 is 1.23 bits per heavy atom. The second-order valence-corrected chi connectivity index (χ2v) is 5.89. The highest BCUT2D eigenvalue weighted by atomic mass is 16.5. The van der Waals surface area contributed by atoms with E-state index in [1.807, 2.05) is 0 Å². The molecule has 1 amide bonds. The molecule has 2 rings (SSSR count). The molecule has 0 spiro atoms. The number of benzene rings is 1. The number of ether oxygens (including phenoxy) is 2. The van der Waals surface area contributed by atoms with Gasteiger partial charge in [0.15, 0.2) is 0 Å². The Morgan fingerprint density at radius 3 is 2.32 bits per heavy atom. The number of hydrogen-bond acceptors (Lipinski definition) is 5. The van der Waals surface area contributed by atoms with E-state index in [1.54, 1.807) is 38.5 Å². The van der Waals surface area contributed by atoms with Crippen molar-refractivity contribution in [2.24, 2.45) is 5.41 Å². The molecule has 22 heavy (non-hydrogen) atoms. The SMILES string of the molecule is COCC1(CNC(=O)c2ccc(OC)cc2)C[C@@H](O)[C@@H](O)C1. The molecule has 6 nitrogen and oxygen atoms in total. The fraction of sp³-hybridized carbons (Fsp3) is 0.562. The summed E-state index contributed by atoms with van der Waals surface area (Å²) >= 11 is 0. The van der Waals surface area contributed by atoms with E-state index in [2.05, 4.69) is 5.32 Å². The molecule has 3 atom stereocenters. The van der Waals surface area contributed by atoms with E-state index in [4.69, 9.17) is 9.47 Å². The van der Waals surface area contributed by atoms with Gasteiger partial charge >= 0.3 is 0 Å². The van der Waals surface area contributed by atoms with Gasteiger partial charge in [-0.15, -0.1) is 0 Å². The minimum atomic E-state index is -0.770. The summed E-state index contributed by atoms with van der Waals surface area (Å²) in [5, 5.41) is 22.4. The first-order valence-corrected chi connectivity index (χ1v) is 7.27. The van der Waals surface area contributed by atoms with Gasteiger partial charge < -0.3 is 25.0 Å². The lowest BCUT2D eigenvalue weighted by molar-refractivity contribution is 0.0438. The van der Waals surface area contributed by atoms with Crippen LogP contribution < -0.4 is 10.1 Å². The number of carbonyl (C=O) groups is 1. The quantitative estimate of drug-likeness (QED) is 0.715. The molecule has 3 N–H and O–H groups in total. The van der Waals surface area contributed by atoms with Crippen molar-refractivity contribution >= 4 is 5.91 Å². The number of aliphatic hydroxyl groups is 2. The van der Waals surface area contributed by atoms with Crippen LogP contribution in [-0.2, 0) is 4.74 Å². The number of nitrogens with one attached hydrogen (secondary N) is 1. The fourth-order valence-electron chi connectivity index (χ4n) is 2.97. The molecule has 122 valence electrons. The van der Waals surface area contributed by atoms with Crippen LogP contribution >= 0.6 is 0 Å². The van der Waals surface area contributed by atoms with Crippen molar-refractivity contribution in [3.63, 3.8) is 0 Å². The van der Waals surface area contributed by atoms with Crippen molar-refractivity contribution < 1.29 is 24.5 Å². The highest BCUT2D eigenvalue weighted by molar-refractivity contribution is 5.94. The van der Waals surface area contributed by atoms with Gasteiger partial charge in [0, 0.05) is 24.6 Å². The number of methoxy groups -OCH3 is 2. The fourth-order valence-corrected chi connectivity index (χ4v) is 2.97. The monoisotopic (exact) mass is 309 g/mol. The molecule has 1 unspecified atom stereocenters. The lowest BCUT2D eigenvalue weighted by atomic mass is 9.86. The Kier molecular flexibility index (Phi) is 5.39.